The minimum atomic E-state index is 0.0836. The van der Waals surface area contributed by atoms with Crippen molar-refractivity contribution >= 4 is 11.6 Å². The van der Waals surface area contributed by atoms with E-state index in [2.05, 4.69) is 10.6 Å². The van der Waals surface area contributed by atoms with Crippen LogP contribution in [0.5, 0.6) is 5.75 Å². The van der Waals surface area contributed by atoms with Gasteiger partial charge >= 0.3 is 0 Å². The molecule has 1 fully saturated rings. The molecule has 1 aliphatic heterocycles. The van der Waals surface area contributed by atoms with Crippen molar-refractivity contribution in [3.8, 4) is 5.75 Å². The van der Waals surface area contributed by atoms with E-state index >= 15 is 0 Å². The number of carbonyl (C=O) groups is 1. The molecular weight excluding hydrogens is 216 g/mol. The quantitative estimate of drug-likeness (QED) is 0.682. The summed E-state index contributed by atoms with van der Waals surface area (Å²) in [4.78, 5) is 12.0. The smallest absolute Gasteiger partial charge is 0.227 e. The van der Waals surface area contributed by atoms with E-state index in [4.69, 9.17) is 0 Å². The van der Waals surface area contributed by atoms with Gasteiger partial charge in [-0.3, -0.25) is 4.79 Å². The third-order valence-electron chi connectivity index (χ3n) is 3.18. The molecule has 1 aromatic carbocycles. The van der Waals surface area contributed by atoms with E-state index in [-0.39, 0.29) is 17.6 Å². The zero-order valence-electron chi connectivity index (χ0n) is 9.99. The second-order valence-electron chi connectivity index (χ2n) is 4.51. The van der Waals surface area contributed by atoms with Gasteiger partial charge in [0.2, 0.25) is 5.91 Å². The van der Waals surface area contributed by atoms with Crippen LogP contribution in [0.1, 0.15) is 18.4 Å². The van der Waals surface area contributed by atoms with Crippen LogP contribution in [-0.4, -0.2) is 24.1 Å². The molecule has 4 nitrogen and oxygen atoms in total. The van der Waals surface area contributed by atoms with Gasteiger partial charge in [0.05, 0.1) is 0 Å². The van der Waals surface area contributed by atoms with E-state index in [9.17, 15) is 9.90 Å². The number of hydrogen-bond donors (Lipinski definition) is 3. The summed E-state index contributed by atoms with van der Waals surface area (Å²) in [5.41, 5.74) is 1.67. The topological polar surface area (TPSA) is 61.4 Å². The molecule has 0 saturated carbocycles. The summed E-state index contributed by atoms with van der Waals surface area (Å²) in [6.07, 6.45) is 1.78. The third-order valence-corrected chi connectivity index (χ3v) is 3.18. The fraction of sp³-hybridized carbons (Fsp3) is 0.462. The van der Waals surface area contributed by atoms with Gasteiger partial charge < -0.3 is 15.7 Å². The minimum Gasteiger partial charge on any atom is -0.508 e. The maximum Gasteiger partial charge on any atom is 0.227 e. The number of aromatic hydroxyl groups is 1. The minimum absolute atomic E-state index is 0.0836. The summed E-state index contributed by atoms with van der Waals surface area (Å²) in [5.74, 6) is 0.409. The molecule has 0 bridgehead atoms. The molecule has 0 radical (unpaired) electrons. The fourth-order valence-electron chi connectivity index (χ4n) is 2.11. The molecule has 0 aliphatic carbocycles. The first kappa shape index (κ1) is 11.9. The summed E-state index contributed by atoms with van der Waals surface area (Å²) in [7, 11) is 0. The van der Waals surface area contributed by atoms with Crippen molar-refractivity contribution in [2.75, 3.05) is 18.4 Å². The maximum atomic E-state index is 12.0. The second-order valence-corrected chi connectivity index (χ2v) is 4.51. The van der Waals surface area contributed by atoms with Crippen LogP contribution < -0.4 is 10.6 Å². The Morgan fingerprint density at radius 2 is 2.12 bits per heavy atom. The second kappa shape index (κ2) is 5.19. The van der Waals surface area contributed by atoms with Gasteiger partial charge in [-0.25, -0.2) is 0 Å². The standard InChI is InChI=1S/C13H18N2O2/c1-9-8-11(16)2-3-12(9)15-13(17)10-4-6-14-7-5-10/h2-3,8,10,14,16H,4-7H2,1H3,(H,15,17). The molecule has 3 N–H and O–H groups in total. The van der Waals surface area contributed by atoms with Crippen LogP contribution in [0.3, 0.4) is 0 Å². The van der Waals surface area contributed by atoms with Gasteiger partial charge in [0.25, 0.3) is 0 Å². The van der Waals surface area contributed by atoms with E-state index in [1.54, 1.807) is 18.2 Å². The number of phenolic OH excluding ortho intramolecular Hbond substituents is 1. The number of phenols is 1. The normalized spacial score (nSPS) is 16.8. The fourth-order valence-corrected chi connectivity index (χ4v) is 2.11. The van der Waals surface area contributed by atoms with E-state index in [1.807, 2.05) is 6.92 Å². The van der Waals surface area contributed by atoms with Crippen LogP contribution in [0.4, 0.5) is 5.69 Å². The van der Waals surface area contributed by atoms with Crippen molar-refractivity contribution < 1.29 is 9.90 Å². The van der Waals surface area contributed by atoms with Crippen LogP contribution in [0.25, 0.3) is 0 Å². The number of piperidine rings is 1. The number of benzene rings is 1. The molecule has 2 rings (SSSR count). The van der Waals surface area contributed by atoms with Gasteiger partial charge in [-0.2, -0.15) is 0 Å². The van der Waals surface area contributed by atoms with Crippen LogP contribution in [0.2, 0.25) is 0 Å². The van der Waals surface area contributed by atoms with Gasteiger partial charge in [0, 0.05) is 11.6 Å². The van der Waals surface area contributed by atoms with Gasteiger partial charge in [0.1, 0.15) is 5.75 Å². The Balaban J connectivity index is 2.02. The first-order valence-electron chi connectivity index (χ1n) is 5.98. The van der Waals surface area contributed by atoms with Gasteiger partial charge in [-0.1, -0.05) is 0 Å². The number of hydrogen-bond acceptors (Lipinski definition) is 3. The Morgan fingerprint density at radius 1 is 1.41 bits per heavy atom. The summed E-state index contributed by atoms with van der Waals surface area (Å²) >= 11 is 0. The Kier molecular flexibility index (Phi) is 3.64. The molecule has 1 amide bonds. The van der Waals surface area contributed by atoms with Crippen LogP contribution >= 0.6 is 0 Å². The highest BCUT2D eigenvalue weighted by Gasteiger charge is 2.21. The summed E-state index contributed by atoms with van der Waals surface area (Å²) in [6, 6.07) is 4.98. The van der Waals surface area contributed by atoms with E-state index < -0.39 is 0 Å². The molecule has 1 heterocycles. The molecule has 0 aromatic heterocycles. The SMILES string of the molecule is Cc1cc(O)ccc1NC(=O)C1CCNCC1. The van der Waals surface area contributed by atoms with Crippen molar-refractivity contribution in [3.63, 3.8) is 0 Å². The maximum absolute atomic E-state index is 12.0. The molecule has 1 saturated heterocycles. The van der Waals surface area contributed by atoms with Crippen LogP contribution in [0.15, 0.2) is 18.2 Å². The molecule has 0 atom stereocenters. The predicted molar refractivity (Wildman–Crippen MR) is 67.1 cm³/mol. The Hall–Kier alpha value is -1.55. The number of aryl methyl sites for hydroxylation is 1. The Morgan fingerprint density at radius 3 is 2.76 bits per heavy atom. The largest absolute Gasteiger partial charge is 0.508 e. The van der Waals surface area contributed by atoms with Crippen LogP contribution in [0, 0.1) is 12.8 Å². The lowest BCUT2D eigenvalue weighted by Crippen LogP contribution is -2.34. The van der Waals surface area contributed by atoms with Crippen LogP contribution in [-0.2, 0) is 4.79 Å². The number of carbonyl (C=O) groups excluding carboxylic acids is 1. The van der Waals surface area contributed by atoms with Gasteiger partial charge in [-0.15, -0.1) is 0 Å². The summed E-state index contributed by atoms with van der Waals surface area (Å²) in [5, 5.41) is 15.5. The Labute approximate surface area is 101 Å². The molecular formula is C13H18N2O2. The van der Waals surface area contributed by atoms with Crippen molar-refractivity contribution in [1.82, 2.24) is 5.32 Å². The van der Waals surface area contributed by atoms with E-state index in [0.29, 0.717) is 0 Å². The molecule has 1 aromatic rings. The number of amides is 1. The number of nitrogens with one attached hydrogen (secondary N) is 2. The monoisotopic (exact) mass is 234 g/mol. The van der Waals surface area contributed by atoms with Crippen molar-refractivity contribution in [1.29, 1.82) is 0 Å². The van der Waals surface area contributed by atoms with Crippen molar-refractivity contribution in [3.05, 3.63) is 23.8 Å². The summed E-state index contributed by atoms with van der Waals surface area (Å²) in [6.45, 7) is 3.69. The molecule has 0 unspecified atom stereocenters. The molecule has 0 spiro atoms. The highest BCUT2D eigenvalue weighted by molar-refractivity contribution is 5.93. The lowest BCUT2D eigenvalue weighted by molar-refractivity contribution is -0.120. The van der Waals surface area contributed by atoms with Gasteiger partial charge in [0.15, 0.2) is 0 Å². The van der Waals surface area contributed by atoms with Crippen molar-refractivity contribution in [2.45, 2.75) is 19.8 Å². The highest BCUT2D eigenvalue weighted by Crippen LogP contribution is 2.22. The lowest BCUT2D eigenvalue weighted by Gasteiger charge is -2.22. The molecule has 17 heavy (non-hydrogen) atoms. The molecule has 4 heteroatoms. The average molecular weight is 234 g/mol. The molecule has 92 valence electrons. The highest BCUT2D eigenvalue weighted by atomic mass is 16.3. The average Bonchev–Trinajstić information content (AvgIpc) is 2.34. The number of anilines is 1. The zero-order chi connectivity index (χ0) is 12.3. The third kappa shape index (κ3) is 2.97. The van der Waals surface area contributed by atoms with E-state index in [0.717, 1.165) is 37.2 Å². The summed E-state index contributed by atoms with van der Waals surface area (Å²) < 4.78 is 0. The predicted octanol–water partition coefficient (Wildman–Crippen LogP) is 1.64. The molecule has 1 aliphatic rings. The first-order valence-corrected chi connectivity index (χ1v) is 5.98. The van der Waals surface area contributed by atoms with Crippen molar-refractivity contribution in [2.24, 2.45) is 5.92 Å². The van der Waals surface area contributed by atoms with E-state index in [1.165, 1.54) is 0 Å². The number of rotatable bonds is 2. The van der Waals surface area contributed by atoms with Gasteiger partial charge in [-0.05, 0) is 56.6 Å². The zero-order valence-corrected chi connectivity index (χ0v) is 9.99. The first-order chi connectivity index (χ1) is 8.16. The Bertz CT molecular complexity index is 412. The lowest BCUT2D eigenvalue weighted by atomic mass is 9.97.